The van der Waals surface area contributed by atoms with E-state index >= 15 is 0 Å². The van der Waals surface area contributed by atoms with Gasteiger partial charge in [-0.15, -0.1) is 0 Å². The molecule has 1 aliphatic rings. The lowest BCUT2D eigenvalue weighted by molar-refractivity contribution is -0.136. The van der Waals surface area contributed by atoms with Crippen LogP contribution in [0.3, 0.4) is 0 Å². The number of likely N-dealkylation sites (tertiary alicyclic amines) is 1. The average molecular weight is 398 g/mol. The highest BCUT2D eigenvalue weighted by Gasteiger charge is 2.34. The monoisotopic (exact) mass is 397 g/mol. The van der Waals surface area contributed by atoms with Gasteiger partial charge in [0.2, 0.25) is 0 Å². The smallest absolute Gasteiger partial charge is 0.354 e. The van der Waals surface area contributed by atoms with E-state index in [1.807, 2.05) is 0 Å². The van der Waals surface area contributed by atoms with E-state index in [0.29, 0.717) is 24.3 Å². The summed E-state index contributed by atoms with van der Waals surface area (Å²) in [6.45, 7) is 1.37. The Hall–Kier alpha value is -2.28. The summed E-state index contributed by atoms with van der Waals surface area (Å²) in [6, 6.07) is 5.02. The number of rotatable bonds is 3. The molecule has 0 bridgehead atoms. The molecule has 8 heteroatoms. The molecule has 3 rings (SSSR count). The van der Waals surface area contributed by atoms with Gasteiger partial charge in [-0.3, -0.25) is 9.78 Å². The number of anilines is 2. The normalized spacial score (nSPS) is 15.3. The molecule has 2 heterocycles. The highest BCUT2D eigenvalue weighted by atomic mass is 35.5. The molecule has 0 spiro atoms. The van der Waals surface area contributed by atoms with Crippen molar-refractivity contribution in [2.75, 3.05) is 18.4 Å². The largest absolute Gasteiger partial charge is 0.418 e. The maximum atomic E-state index is 13.2. The number of carbonyl (C=O) groups is 1. The number of nitrogens with zero attached hydrogens (tertiary/aromatic N) is 2. The first-order valence-electron chi connectivity index (χ1n) is 8.73. The lowest BCUT2D eigenvalue weighted by Crippen LogP contribution is -2.31. The number of halogens is 4. The molecule has 1 saturated heterocycles. The number of hydrogen-bond acceptors (Lipinski definition) is 3. The van der Waals surface area contributed by atoms with Crippen molar-refractivity contribution in [1.29, 1.82) is 0 Å². The van der Waals surface area contributed by atoms with Crippen molar-refractivity contribution in [2.24, 2.45) is 0 Å². The molecule has 0 aliphatic carbocycles. The number of carbonyl (C=O) groups excluding carboxylic acids is 1. The predicted octanol–water partition coefficient (Wildman–Crippen LogP) is 5.51. The SMILES string of the molecule is O=C(c1cncc(Nc2ccc(Cl)cc2C(F)(F)F)c1)N1CCCCCC1. The zero-order chi connectivity index (χ0) is 19.4. The third-order valence-corrected chi connectivity index (χ3v) is 4.68. The molecule has 0 saturated carbocycles. The summed E-state index contributed by atoms with van der Waals surface area (Å²) < 4.78 is 39.7. The second kappa shape index (κ2) is 8.17. The molecule has 0 radical (unpaired) electrons. The van der Waals surface area contributed by atoms with Crippen LogP contribution < -0.4 is 5.32 Å². The quantitative estimate of drug-likeness (QED) is 0.742. The summed E-state index contributed by atoms with van der Waals surface area (Å²) in [5, 5.41) is 2.70. The van der Waals surface area contributed by atoms with Crippen LogP contribution in [0.1, 0.15) is 41.6 Å². The molecule has 1 amide bonds. The molecule has 0 atom stereocenters. The van der Waals surface area contributed by atoms with Gasteiger partial charge in [0.05, 0.1) is 28.7 Å². The molecule has 0 unspecified atom stereocenters. The third kappa shape index (κ3) is 4.91. The molecule has 1 aromatic carbocycles. The fourth-order valence-corrected chi connectivity index (χ4v) is 3.27. The molecule has 1 aromatic heterocycles. The van der Waals surface area contributed by atoms with Gasteiger partial charge in [-0.05, 0) is 37.1 Å². The number of nitrogens with one attached hydrogen (secondary N) is 1. The molecule has 4 nitrogen and oxygen atoms in total. The second-order valence-corrected chi connectivity index (χ2v) is 6.92. The minimum Gasteiger partial charge on any atom is -0.354 e. The predicted molar refractivity (Wildman–Crippen MR) is 98.3 cm³/mol. The van der Waals surface area contributed by atoms with Crippen LogP contribution in [-0.4, -0.2) is 28.9 Å². The van der Waals surface area contributed by atoms with Crippen LogP contribution in [0, 0.1) is 0 Å². The van der Waals surface area contributed by atoms with Gasteiger partial charge < -0.3 is 10.2 Å². The van der Waals surface area contributed by atoms with Crippen molar-refractivity contribution in [3.05, 3.63) is 52.8 Å². The molecular formula is C19H19ClF3N3O. The Labute approximate surface area is 160 Å². The first-order valence-corrected chi connectivity index (χ1v) is 9.10. The zero-order valence-corrected chi connectivity index (χ0v) is 15.3. The van der Waals surface area contributed by atoms with Crippen LogP contribution in [0.25, 0.3) is 0 Å². The van der Waals surface area contributed by atoms with E-state index in [4.69, 9.17) is 11.6 Å². The third-order valence-electron chi connectivity index (χ3n) is 4.44. The van der Waals surface area contributed by atoms with Gasteiger partial charge in [-0.1, -0.05) is 24.4 Å². The van der Waals surface area contributed by atoms with E-state index in [1.165, 1.54) is 30.6 Å². The Balaban J connectivity index is 1.83. The van der Waals surface area contributed by atoms with Crippen LogP contribution in [0.4, 0.5) is 24.5 Å². The fraction of sp³-hybridized carbons (Fsp3) is 0.368. The van der Waals surface area contributed by atoms with E-state index < -0.39 is 11.7 Å². The van der Waals surface area contributed by atoms with Crippen molar-refractivity contribution >= 4 is 28.9 Å². The number of aromatic nitrogens is 1. The van der Waals surface area contributed by atoms with Gasteiger partial charge in [0, 0.05) is 24.3 Å². The maximum absolute atomic E-state index is 13.2. The zero-order valence-electron chi connectivity index (χ0n) is 14.5. The first kappa shape index (κ1) is 19.5. The van der Waals surface area contributed by atoms with E-state index in [-0.39, 0.29) is 16.6 Å². The molecule has 1 N–H and O–H groups in total. The van der Waals surface area contributed by atoms with E-state index in [0.717, 1.165) is 31.7 Å². The van der Waals surface area contributed by atoms with Crippen molar-refractivity contribution in [1.82, 2.24) is 9.88 Å². The standard InChI is InChI=1S/C19H19ClF3N3O/c20-14-5-6-17(16(10-14)19(21,22)23)25-15-9-13(11-24-12-15)18(27)26-7-3-1-2-4-8-26/h5-6,9-12,25H,1-4,7-8H2. The van der Waals surface area contributed by atoms with Gasteiger partial charge >= 0.3 is 6.18 Å². The Morgan fingerprint density at radius 3 is 2.44 bits per heavy atom. The second-order valence-electron chi connectivity index (χ2n) is 6.48. The average Bonchev–Trinajstić information content (AvgIpc) is 2.91. The van der Waals surface area contributed by atoms with Crippen molar-refractivity contribution in [2.45, 2.75) is 31.9 Å². The Kier molecular flexibility index (Phi) is 5.89. The lowest BCUT2D eigenvalue weighted by atomic mass is 10.1. The van der Waals surface area contributed by atoms with Gasteiger partial charge in [-0.25, -0.2) is 0 Å². The van der Waals surface area contributed by atoms with Gasteiger partial charge in [0.15, 0.2) is 0 Å². The summed E-state index contributed by atoms with van der Waals surface area (Å²) in [5.41, 5.74) is -0.361. The molecule has 1 fully saturated rings. The number of amides is 1. The van der Waals surface area contributed by atoms with E-state index in [1.54, 1.807) is 4.90 Å². The van der Waals surface area contributed by atoms with Gasteiger partial charge in [0.25, 0.3) is 5.91 Å². The molecule has 27 heavy (non-hydrogen) atoms. The summed E-state index contributed by atoms with van der Waals surface area (Å²) >= 11 is 5.70. The summed E-state index contributed by atoms with van der Waals surface area (Å²) in [5.74, 6) is -0.153. The number of pyridine rings is 1. The Bertz CT molecular complexity index is 818. The maximum Gasteiger partial charge on any atom is 0.418 e. The summed E-state index contributed by atoms with van der Waals surface area (Å²) in [4.78, 5) is 18.5. The molecule has 2 aromatic rings. The lowest BCUT2D eigenvalue weighted by Gasteiger charge is -2.20. The highest BCUT2D eigenvalue weighted by Crippen LogP contribution is 2.37. The number of alkyl halides is 3. The summed E-state index contributed by atoms with van der Waals surface area (Å²) in [7, 11) is 0. The van der Waals surface area contributed by atoms with Crippen LogP contribution in [0.5, 0.6) is 0 Å². The van der Waals surface area contributed by atoms with Crippen molar-refractivity contribution in [3.8, 4) is 0 Å². The van der Waals surface area contributed by atoms with Crippen LogP contribution >= 0.6 is 11.6 Å². The van der Waals surface area contributed by atoms with Gasteiger partial charge in [0.1, 0.15) is 0 Å². The number of benzene rings is 1. The topological polar surface area (TPSA) is 45.2 Å². The number of hydrogen-bond donors (Lipinski definition) is 1. The minimum absolute atomic E-state index is 0.00362. The minimum atomic E-state index is -4.56. The molecule has 144 valence electrons. The van der Waals surface area contributed by atoms with Crippen LogP contribution in [0.15, 0.2) is 36.7 Å². The van der Waals surface area contributed by atoms with Crippen molar-refractivity contribution < 1.29 is 18.0 Å². The van der Waals surface area contributed by atoms with Crippen molar-refractivity contribution in [3.63, 3.8) is 0 Å². The summed E-state index contributed by atoms with van der Waals surface area (Å²) in [6.07, 6.45) is 2.37. The highest BCUT2D eigenvalue weighted by molar-refractivity contribution is 6.30. The Morgan fingerprint density at radius 1 is 1.07 bits per heavy atom. The Morgan fingerprint density at radius 2 is 1.78 bits per heavy atom. The van der Waals surface area contributed by atoms with Gasteiger partial charge in [-0.2, -0.15) is 13.2 Å². The van der Waals surface area contributed by atoms with E-state index in [2.05, 4.69) is 10.3 Å². The molecule has 1 aliphatic heterocycles. The fourth-order valence-electron chi connectivity index (χ4n) is 3.10. The first-order chi connectivity index (χ1) is 12.8. The van der Waals surface area contributed by atoms with E-state index in [9.17, 15) is 18.0 Å². The van der Waals surface area contributed by atoms with Crippen LogP contribution in [0.2, 0.25) is 5.02 Å². The van der Waals surface area contributed by atoms with Crippen LogP contribution in [-0.2, 0) is 6.18 Å². The molecular weight excluding hydrogens is 379 g/mol.